The number of aromatic nitrogens is 5. The molecule has 0 radical (unpaired) electrons. The molecule has 0 unspecified atom stereocenters. The molecule has 0 bridgehead atoms. The van der Waals surface area contributed by atoms with E-state index in [1.165, 1.54) is 0 Å². The lowest BCUT2D eigenvalue weighted by atomic mass is 10.2. The number of carbonyl (C=O) groups is 1. The van der Waals surface area contributed by atoms with Gasteiger partial charge in [-0.3, -0.25) is 4.79 Å². The summed E-state index contributed by atoms with van der Waals surface area (Å²) in [5.41, 5.74) is 2.42. The van der Waals surface area contributed by atoms with Crippen molar-refractivity contribution >= 4 is 28.8 Å². The molecule has 0 aliphatic heterocycles. The SMILES string of the molecule is CCCc1nnsc1C(=O)NCc1cn(-c2ccsc2)nn1. The zero-order chi connectivity index (χ0) is 15.4. The van der Waals surface area contributed by atoms with Crippen LogP contribution in [0.3, 0.4) is 0 Å². The van der Waals surface area contributed by atoms with Gasteiger partial charge in [-0.05, 0) is 29.4 Å². The van der Waals surface area contributed by atoms with E-state index >= 15 is 0 Å². The molecule has 114 valence electrons. The van der Waals surface area contributed by atoms with Gasteiger partial charge < -0.3 is 5.32 Å². The van der Waals surface area contributed by atoms with E-state index in [0.29, 0.717) is 17.1 Å². The number of nitrogens with zero attached hydrogens (tertiary/aromatic N) is 5. The minimum atomic E-state index is -0.163. The van der Waals surface area contributed by atoms with Crippen molar-refractivity contribution < 1.29 is 4.79 Å². The molecular formula is C13H14N6OS2. The van der Waals surface area contributed by atoms with E-state index in [2.05, 4.69) is 25.2 Å². The molecule has 3 rings (SSSR count). The van der Waals surface area contributed by atoms with Gasteiger partial charge >= 0.3 is 0 Å². The van der Waals surface area contributed by atoms with Crippen molar-refractivity contribution in [2.75, 3.05) is 0 Å². The van der Waals surface area contributed by atoms with Crippen LogP contribution in [0.25, 0.3) is 5.69 Å². The third-order valence-corrected chi connectivity index (χ3v) is 4.43. The molecule has 9 heteroatoms. The van der Waals surface area contributed by atoms with Gasteiger partial charge in [0, 0.05) is 5.38 Å². The summed E-state index contributed by atoms with van der Waals surface area (Å²) in [5.74, 6) is -0.163. The van der Waals surface area contributed by atoms with E-state index in [-0.39, 0.29) is 5.91 Å². The van der Waals surface area contributed by atoms with Gasteiger partial charge in [0.15, 0.2) is 0 Å². The van der Waals surface area contributed by atoms with Gasteiger partial charge in [0.2, 0.25) is 0 Å². The first kappa shape index (κ1) is 14.8. The quantitative estimate of drug-likeness (QED) is 0.746. The summed E-state index contributed by atoms with van der Waals surface area (Å²) >= 11 is 2.72. The van der Waals surface area contributed by atoms with Gasteiger partial charge in [-0.25, -0.2) is 4.68 Å². The number of carbonyl (C=O) groups excluding carboxylic acids is 1. The molecule has 0 saturated heterocycles. The maximum atomic E-state index is 12.2. The number of aryl methyl sites for hydroxylation is 1. The van der Waals surface area contributed by atoms with Crippen molar-refractivity contribution in [1.29, 1.82) is 0 Å². The predicted octanol–water partition coefficient (Wildman–Crippen LogP) is 2.06. The fourth-order valence-corrected chi connectivity index (χ4v) is 3.17. The lowest BCUT2D eigenvalue weighted by Crippen LogP contribution is -2.23. The molecule has 0 atom stereocenters. The Morgan fingerprint density at radius 3 is 3.09 bits per heavy atom. The highest BCUT2D eigenvalue weighted by atomic mass is 32.1. The third kappa shape index (κ3) is 3.20. The zero-order valence-corrected chi connectivity index (χ0v) is 13.5. The smallest absolute Gasteiger partial charge is 0.265 e. The lowest BCUT2D eigenvalue weighted by molar-refractivity contribution is 0.0953. The molecule has 0 saturated carbocycles. The highest BCUT2D eigenvalue weighted by molar-refractivity contribution is 7.08. The molecule has 3 heterocycles. The van der Waals surface area contributed by atoms with Crippen LogP contribution in [0.2, 0.25) is 0 Å². The van der Waals surface area contributed by atoms with Crippen LogP contribution in [0.15, 0.2) is 23.0 Å². The normalized spacial score (nSPS) is 10.8. The molecule has 1 amide bonds. The third-order valence-electron chi connectivity index (χ3n) is 2.99. The van der Waals surface area contributed by atoms with E-state index in [9.17, 15) is 4.79 Å². The van der Waals surface area contributed by atoms with Crippen LogP contribution in [0.4, 0.5) is 0 Å². The van der Waals surface area contributed by atoms with Crippen molar-refractivity contribution in [3.05, 3.63) is 39.3 Å². The molecule has 3 aromatic rings. The molecule has 0 aromatic carbocycles. The van der Waals surface area contributed by atoms with Crippen LogP contribution in [0.5, 0.6) is 0 Å². The number of rotatable bonds is 6. The zero-order valence-electron chi connectivity index (χ0n) is 11.9. The van der Waals surface area contributed by atoms with E-state index in [0.717, 1.165) is 35.8 Å². The number of thiophene rings is 1. The van der Waals surface area contributed by atoms with Crippen molar-refractivity contribution in [2.45, 2.75) is 26.3 Å². The summed E-state index contributed by atoms with van der Waals surface area (Å²) < 4.78 is 5.54. The van der Waals surface area contributed by atoms with Gasteiger partial charge in [0.05, 0.1) is 24.1 Å². The van der Waals surface area contributed by atoms with Crippen molar-refractivity contribution in [3.63, 3.8) is 0 Å². The topological polar surface area (TPSA) is 85.6 Å². The van der Waals surface area contributed by atoms with Gasteiger partial charge in [0.25, 0.3) is 5.91 Å². The van der Waals surface area contributed by atoms with Gasteiger partial charge in [-0.1, -0.05) is 23.0 Å². The minimum absolute atomic E-state index is 0.163. The van der Waals surface area contributed by atoms with Crippen LogP contribution in [0.1, 0.15) is 34.4 Å². The molecule has 0 spiro atoms. The fraction of sp³-hybridized carbons (Fsp3) is 0.308. The molecule has 3 aromatic heterocycles. The summed E-state index contributed by atoms with van der Waals surface area (Å²) in [6.45, 7) is 2.37. The van der Waals surface area contributed by atoms with Gasteiger partial charge in [0.1, 0.15) is 10.6 Å². The monoisotopic (exact) mass is 334 g/mol. The van der Waals surface area contributed by atoms with Crippen LogP contribution in [-0.2, 0) is 13.0 Å². The second kappa shape index (κ2) is 6.75. The average molecular weight is 334 g/mol. The molecule has 0 fully saturated rings. The fourth-order valence-electron chi connectivity index (χ4n) is 1.93. The predicted molar refractivity (Wildman–Crippen MR) is 84.3 cm³/mol. The Bertz CT molecular complexity index is 748. The Morgan fingerprint density at radius 2 is 2.32 bits per heavy atom. The Labute approximate surface area is 135 Å². The van der Waals surface area contributed by atoms with Gasteiger partial charge in [-0.15, -0.1) is 10.2 Å². The standard InChI is InChI=1S/C13H14N6OS2/c1-2-3-11-12(22-18-16-11)13(20)14-6-9-7-19(17-15-9)10-4-5-21-8-10/h4-5,7-8H,2-3,6H2,1H3,(H,14,20). The van der Waals surface area contributed by atoms with E-state index < -0.39 is 0 Å². The number of amides is 1. The van der Waals surface area contributed by atoms with E-state index in [1.54, 1.807) is 22.2 Å². The Kier molecular flexibility index (Phi) is 4.54. The second-order valence-corrected chi connectivity index (χ2v) is 6.15. The van der Waals surface area contributed by atoms with Gasteiger partial charge in [-0.2, -0.15) is 11.3 Å². The van der Waals surface area contributed by atoms with Crippen LogP contribution in [0, 0.1) is 0 Å². The van der Waals surface area contributed by atoms with Crippen molar-refractivity contribution in [2.24, 2.45) is 0 Å². The molecule has 0 aliphatic rings. The summed E-state index contributed by atoms with van der Waals surface area (Å²) in [5, 5.41) is 18.9. The maximum Gasteiger partial charge on any atom is 0.265 e. The Hall–Kier alpha value is -2.13. The van der Waals surface area contributed by atoms with Crippen LogP contribution < -0.4 is 5.32 Å². The first-order chi connectivity index (χ1) is 10.8. The summed E-state index contributed by atoms with van der Waals surface area (Å²) in [6, 6.07) is 1.96. The summed E-state index contributed by atoms with van der Waals surface area (Å²) in [4.78, 5) is 12.8. The van der Waals surface area contributed by atoms with E-state index in [4.69, 9.17) is 0 Å². The average Bonchev–Trinajstić information content (AvgIpc) is 3.25. The minimum Gasteiger partial charge on any atom is -0.345 e. The number of hydrogen-bond acceptors (Lipinski definition) is 7. The first-order valence-electron chi connectivity index (χ1n) is 6.81. The highest BCUT2D eigenvalue weighted by Crippen LogP contribution is 2.13. The largest absolute Gasteiger partial charge is 0.345 e. The van der Waals surface area contributed by atoms with E-state index in [1.807, 2.05) is 23.8 Å². The molecule has 22 heavy (non-hydrogen) atoms. The summed E-state index contributed by atoms with van der Waals surface area (Å²) in [7, 11) is 0. The second-order valence-electron chi connectivity index (χ2n) is 4.62. The van der Waals surface area contributed by atoms with Crippen LogP contribution in [-0.4, -0.2) is 30.5 Å². The van der Waals surface area contributed by atoms with Crippen LogP contribution >= 0.6 is 22.9 Å². The Balaban J connectivity index is 1.62. The summed E-state index contributed by atoms with van der Waals surface area (Å²) in [6.07, 6.45) is 3.49. The molecular weight excluding hydrogens is 320 g/mol. The molecule has 0 aliphatic carbocycles. The Morgan fingerprint density at radius 1 is 1.41 bits per heavy atom. The highest BCUT2D eigenvalue weighted by Gasteiger charge is 2.15. The van der Waals surface area contributed by atoms with Crippen molar-refractivity contribution in [3.8, 4) is 5.69 Å². The first-order valence-corrected chi connectivity index (χ1v) is 8.52. The molecule has 1 N–H and O–H groups in total. The lowest BCUT2D eigenvalue weighted by Gasteiger charge is -2.01. The van der Waals surface area contributed by atoms with Crippen molar-refractivity contribution in [1.82, 2.24) is 29.9 Å². The molecule has 7 nitrogen and oxygen atoms in total. The number of hydrogen-bond donors (Lipinski definition) is 1. The number of nitrogens with one attached hydrogen (secondary N) is 1. The maximum absolute atomic E-state index is 12.2.